The highest BCUT2D eigenvalue weighted by Gasteiger charge is 2.33. The zero-order valence-electron chi connectivity index (χ0n) is 10.6. The molecular weight excluding hydrogens is 252 g/mol. The lowest BCUT2D eigenvalue weighted by atomic mass is 10.0. The van der Waals surface area contributed by atoms with Crippen LogP contribution in [0.4, 0.5) is 5.13 Å². The molecule has 2 unspecified atom stereocenters. The van der Waals surface area contributed by atoms with Crippen molar-refractivity contribution in [2.45, 2.75) is 26.3 Å². The van der Waals surface area contributed by atoms with E-state index < -0.39 is 0 Å². The van der Waals surface area contributed by atoms with Crippen LogP contribution >= 0.6 is 11.5 Å². The molecule has 1 amide bonds. The molecule has 0 bridgehead atoms. The van der Waals surface area contributed by atoms with Gasteiger partial charge in [-0.05, 0) is 19.9 Å². The molecule has 0 radical (unpaired) electrons. The fourth-order valence-corrected chi connectivity index (χ4v) is 2.47. The molecule has 0 saturated carbocycles. The number of ether oxygens (including phenoxy) is 1. The topological polar surface area (TPSA) is 76.1 Å². The van der Waals surface area contributed by atoms with Crippen molar-refractivity contribution in [2.24, 2.45) is 5.92 Å². The molecule has 1 aromatic heterocycles. The van der Waals surface area contributed by atoms with E-state index in [1.54, 1.807) is 6.92 Å². The van der Waals surface area contributed by atoms with E-state index in [0.29, 0.717) is 24.2 Å². The Hall–Kier alpha value is -1.05. The van der Waals surface area contributed by atoms with Gasteiger partial charge in [0, 0.05) is 17.6 Å². The van der Waals surface area contributed by atoms with Gasteiger partial charge in [0.25, 0.3) is 0 Å². The van der Waals surface area contributed by atoms with E-state index in [9.17, 15) is 4.79 Å². The number of aromatic nitrogens is 2. The summed E-state index contributed by atoms with van der Waals surface area (Å²) in [6.45, 7) is 5.85. The number of amides is 1. The van der Waals surface area contributed by atoms with Crippen molar-refractivity contribution >= 4 is 22.6 Å². The van der Waals surface area contributed by atoms with Gasteiger partial charge in [0.15, 0.2) is 0 Å². The number of carbonyl (C=O) groups is 1. The first-order valence-corrected chi connectivity index (χ1v) is 6.90. The van der Waals surface area contributed by atoms with Gasteiger partial charge >= 0.3 is 0 Å². The molecule has 2 N–H and O–H groups in total. The van der Waals surface area contributed by atoms with Crippen molar-refractivity contribution in [3.8, 4) is 0 Å². The number of anilines is 1. The van der Waals surface area contributed by atoms with Gasteiger partial charge in [0.1, 0.15) is 5.82 Å². The number of nitrogens with zero attached hydrogens (tertiary/aromatic N) is 2. The van der Waals surface area contributed by atoms with Gasteiger partial charge in [-0.1, -0.05) is 6.92 Å². The normalized spacial score (nSPS) is 23.2. The summed E-state index contributed by atoms with van der Waals surface area (Å²) >= 11 is 1.20. The number of aryl methyl sites for hydroxylation is 1. The summed E-state index contributed by atoms with van der Waals surface area (Å²) in [6.07, 6.45) is 1.04. The number of hydrogen-bond acceptors (Lipinski definition) is 6. The Morgan fingerprint density at radius 3 is 3.06 bits per heavy atom. The Labute approximate surface area is 110 Å². The average Bonchev–Trinajstić information content (AvgIpc) is 2.95. The molecule has 1 aromatic rings. The Morgan fingerprint density at radius 1 is 1.56 bits per heavy atom. The van der Waals surface area contributed by atoms with Gasteiger partial charge in [0.2, 0.25) is 11.0 Å². The Kier molecular flexibility index (Phi) is 4.62. The quantitative estimate of drug-likeness (QED) is 0.827. The van der Waals surface area contributed by atoms with Crippen LogP contribution in [0.25, 0.3) is 0 Å². The van der Waals surface area contributed by atoms with Crippen LogP contribution in [0.2, 0.25) is 0 Å². The molecule has 0 spiro atoms. The second-order valence-electron chi connectivity index (χ2n) is 4.34. The summed E-state index contributed by atoms with van der Waals surface area (Å²) in [4.78, 5) is 16.2. The summed E-state index contributed by atoms with van der Waals surface area (Å²) < 4.78 is 9.41. The molecule has 2 heterocycles. The third-order valence-corrected chi connectivity index (χ3v) is 3.55. The fraction of sp³-hybridized carbons (Fsp3) is 0.727. The first-order chi connectivity index (χ1) is 8.70. The fourth-order valence-electron chi connectivity index (χ4n) is 1.89. The van der Waals surface area contributed by atoms with Gasteiger partial charge in [-0.15, -0.1) is 0 Å². The molecule has 2 atom stereocenters. The maximum atomic E-state index is 12.1. The third kappa shape index (κ3) is 3.24. The van der Waals surface area contributed by atoms with Gasteiger partial charge < -0.3 is 15.4 Å². The molecule has 100 valence electrons. The molecule has 1 saturated heterocycles. The average molecular weight is 270 g/mol. The molecule has 6 nitrogen and oxygen atoms in total. The van der Waals surface area contributed by atoms with Crippen LogP contribution in [0, 0.1) is 12.8 Å². The highest BCUT2D eigenvalue weighted by atomic mass is 32.1. The van der Waals surface area contributed by atoms with E-state index >= 15 is 0 Å². The largest absolute Gasteiger partial charge is 0.379 e. The van der Waals surface area contributed by atoms with E-state index in [1.807, 2.05) is 0 Å². The van der Waals surface area contributed by atoms with Crippen molar-refractivity contribution in [3.63, 3.8) is 0 Å². The van der Waals surface area contributed by atoms with E-state index in [0.717, 1.165) is 13.0 Å². The molecule has 1 fully saturated rings. The minimum Gasteiger partial charge on any atom is -0.379 e. The predicted molar refractivity (Wildman–Crippen MR) is 69.7 cm³/mol. The Morgan fingerprint density at radius 2 is 2.39 bits per heavy atom. The van der Waals surface area contributed by atoms with Gasteiger partial charge in [-0.2, -0.15) is 4.37 Å². The maximum Gasteiger partial charge on any atom is 0.233 e. The Balaban J connectivity index is 1.91. The summed E-state index contributed by atoms with van der Waals surface area (Å²) in [5.41, 5.74) is 0. The summed E-state index contributed by atoms with van der Waals surface area (Å²) in [6, 6.07) is 0.0963. The van der Waals surface area contributed by atoms with Crippen molar-refractivity contribution in [3.05, 3.63) is 5.82 Å². The first kappa shape index (κ1) is 13.4. The maximum absolute atomic E-state index is 12.1. The van der Waals surface area contributed by atoms with Crippen LogP contribution < -0.4 is 10.6 Å². The zero-order chi connectivity index (χ0) is 13.0. The van der Waals surface area contributed by atoms with Crippen molar-refractivity contribution in [1.29, 1.82) is 0 Å². The second kappa shape index (κ2) is 6.21. The lowest BCUT2D eigenvalue weighted by Crippen LogP contribution is -2.41. The van der Waals surface area contributed by atoms with Crippen molar-refractivity contribution in [2.75, 3.05) is 25.1 Å². The van der Waals surface area contributed by atoms with E-state index in [2.05, 4.69) is 26.9 Å². The number of carbonyl (C=O) groups excluding carboxylic acids is 1. The minimum atomic E-state index is -0.152. The molecule has 1 aliphatic heterocycles. The third-order valence-electron chi connectivity index (χ3n) is 2.83. The molecular formula is C11H18N4O2S. The van der Waals surface area contributed by atoms with E-state index in [-0.39, 0.29) is 17.9 Å². The van der Waals surface area contributed by atoms with Crippen LogP contribution in [0.1, 0.15) is 19.2 Å². The molecule has 0 aliphatic carbocycles. The molecule has 0 aromatic carbocycles. The standard InChI is InChI=1S/C11H18N4O2S/c1-3-4-12-9-6-17-5-8(9)10(16)14-11-13-7(2)15-18-11/h8-9,12H,3-6H2,1-2H3,(H,13,14,15,16). The van der Waals surface area contributed by atoms with Crippen molar-refractivity contribution in [1.82, 2.24) is 14.7 Å². The lowest BCUT2D eigenvalue weighted by Gasteiger charge is -2.17. The van der Waals surface area contributed by atoms with Gasteiger partial charge in [0.05, 0.1) is 19.1 Å². The summed E-state index contributed by atoms with van der Waals surface area (Å²) in [5.74, 6) is 0.483. The first-order valence-electron chi connectivity index (χ1n) is 6.13. The van der Waals surface area contributed by atoms with Gasteiger partial charge in [-0.25, -0.2) is 4.98 Å². The zero-order valence-corrected chi connectivity index (χ0v) is 11.4. The van der Waals surface area contributed by atoms with Crippen LogP contribution in [0.5, 0.6) is 0 Å². The predicted octanol–water partition coefficient (Wildman–Crippen LogP) is 0.800. The Bertz CT molecular complexity index is 410. The number of hydrogen-bond donors (Lipinski definition) is 2. The van der Waals surface area contributed by atoms with Gasteiger partial charge in [-0.3, -0.25) is 4.79 Å². The van der Waals surface area contributed by atoms with Crippen LogP contribution in [0.3, 0.4) is 0 Å². The highest BCUT2D eigenvalue weighted by molar-refractivity contribution is 7.09. The SMILES string of the molecule is CCCNC1COCC1C(=O)Nc1nc(C)ns1. The minimum absolute atomic E-state index is 0.0442. The monoisotopic (exact) mass is 270 g/mol. The summed E-state index contributed by atoms with van der Waals surface area (Å²) in [7, 11) is 0. The second-order valence-corrected chi connectivity index (χ2v) is 5.09. The van der Waals surface area contributed by atoms with E-state index in [1.165, 1.54) is 11.5 Å². The molecule has 1 aliphatic rings. The lowest BCUT2D eigenvalue weighted by molar-refractivity contribution is -0.120. The smallest absolute Gasteiger partial charge is 0.233 e. The van der Waals surface area contributed by atoms with Crippen LogP contribution in [-0.4, -0.2) is 41.1 Å². The molecule has 7 heteroatoms. The van der Waals surface area contributed by atoms with Crippen LogP contribution in [-0.2, 0) is 9.53 Å². The van der Waals surface area contributed by atoms with Crippen LogP contribution in [0.15, 0.2) is 0 Å². The summed E-state index contributed by atoms with van der Waals surface area (Å²) in [5, 5.41) is 6.69. The van der Waals surface area contributed by atoms with Crippen molar-refractivity contribution < 1.29 is 9.53 Å². The number of nitrogens with one attached hydrogen (secondary N) is 2. The highest BCUT2D eigenvalue weighted by Crippen LogP contribution is 2.18. The number of rotatable bonds is 5. The van der Waals surface area contributed by atoms with E-state index in [4.69, 9.17) is 4.74 Å². The molecule has 2 rings (SSSR count). The molecule has 18 heavy (non-hydrogen) atoms.